The minimum absolute atomic E-state index is 0.0439. The lowest BCUT2D eigenvalue weighted by Crippen LogP contribution is -2.34. The predicted molar refractivity (Wildman–Crippen MR) is 81.5 cm³/mol. The molecule has 1 atom stereocenters. The summed E-state index contributed by atoms with van der Waals surface area (Å²) in [6.45, 7) is 1.93. The zero-order valence-corrected chi connectivity index (χ0v) is 12.7. The molecule has 0 fully saturated rings. The summed E-state index contributed by atoms with van der Waals surface area (Å²) in [5, 5.41) is 19.7. The van der Waals surface area contributed by atoms with Crippen molar-refractivity contribution in [3.63, 3.8) is 0 Å². The van der Waals surface area contributed by atoms with Gasteiger partial charge in [-0.15, -0.1) is 0 Å². The molecule has 0 aliphatic heterocycles. The number of hydrogen-bond acceptors (Lipinski definition) is 4. The molecule has 1 aromatic rings. The number of aryl methyl sites for hydroxylation is 1. The van der Waals surface area contributed by atoms with E-state index in [9.17, 15) is 9.90 Å². The van der Waals surface area contributed by atoms with E-state index in [1.807, 2.05) is 12.1 Å². The first-order valence-corrected chi connectivity index (χ1v) is 7.60. The highest BCUT2D eigenvalue weighted by atomic mass is 16.3. The Morgan fingerprint density at radius 1 is 1.33 bits per heavy atom. The number of carbonyl (C=O) groups excluding carboxylic acids is 1. The Balaban J connectivity index is 2.81. The van der Waals surface area contributed by atoms with Crippen LogP contribution in [-0.2, 0) is 16.8 Å². The van der Waals surface area contributed by atoms with Gasteiger partial charge in [0.2, 0.25) is 5.91 Å². The molecule has 0 bridgehead atoms. The van der Waals surface area contributed by atoms with Gasteiger partial charge in [-0.05, 0) is 25.0 Å². The molecular formula is C16H26N2O3. The number of primary amides is 1. The molecular weight excluding hydrogens is 268 g/mol. The van der Waals surface area contributed by atoms with E-state index in [-0.39, 0.29) is 19.4 Å². The lowest BCUT2D eigenvalue weighted by Gasteiger charge is -2.26. The van der Waals surface area contributed by atoms with Crippen molar-refractivity contribution in [1.82, 2.24) is 4.98 Å². The lowest BCUT2D eigenvalue weighted by molar-refractivity contribution is -0.124. The van der Waals surface area contributed by atoms with Gasteiger partial charge < -0.3 is 15.9 Å². The van der Waals surface area contributed by atoms with Gasteiger partial charge in [0.15, 0.2) is 0 Å². The zero-order chi connectivity index (χ0) is 15.7. The normalized spacial score (nSPS) is 13.9. The number of rotatable bonds is 10. The van der Waals surface area contributed by atoms with Crippen LogP contribution in [0.15, 0.2) is 18.2 Å². The van der Waals surface area contributed by atoms with E-state index in [0.717, 1.165) is 25.0 Å². The van der Waals surface area contributed by atoms with Crippen LogP contribution in [-0.4, -0.2) is 27.7 Å². The van der Waals surface area contributed by atoms with Crippen molar-refractivity contribution in [1.29, 1.82) is 0 Å². The molecule has 0 aliphatic carbocycles. The second-order valence-corrected chi connectivity index (χ2v) is 5.47. The summed E-state index contributed by atoms with van der Waals surface area (Å²) >= 11 is 0. The summed E-state index contributed by atoms with van der Waals surface area (Å²) in [5.41, 5.74) is 5.00. The summed E-state index contributed by atoms with van der Waals surface area (Å²) in [6, 6.07) is 5.41. The van der Waals surface area contributed by atoms with Gasteiger partial charge in [0.05, 0.1) is 12.1 Å². The number of hydrogen-bond donors (Lipinski definition) is 3. The molecule has 0 saturated carbocycles. The van der Waals surface area contributed by atoms with Gasteiger partial charge in [0.1, 0.15) is 5.60 Å². The van der Waals surface area contributed by atoms with Crippen molar-refractivity contribution in [2.45, 2.75) is 57.5 Å². The van der Waals surface area contributed by atoms with Crippen molar-refractivity contribution in [2.75, 3.05) is 6.61 Å². The maximum atomic E-state index is 11.1. The number of nitrogens with two attached hydrogens (primary N) is 1. The lowest BCUT2D eigenvalue weighted by atomic mass is 9.91. The Morgan fingerprint density at radius 2 is 2.10 bits per heavy atom. The minimum atomic E-state index is -1.49. The standard InChI is InChI=1S/C16H26N2O3/c1-2-3-4-5-7-13-8-6-9-14(18-13)16(21,10-11-19)12-15(17)20/h6,8-9,19,21H,2-5,7,10-12H2,1H3,(H2,17,20). The Labute approximate surface area is 126 Å². The van der Waals surface area contributed by atoms with E-state index in [1.54, 1.807) is 6.07 Å². The van der Waals surface area contributed by atoms with Crippen LogP contribution in [0.2, 0.25) is 0 Å². The fourth-order valence-electron chi connectivity index (χ4n) is 2.39. The first-order chi connectivity index (χ1) is 10.0. The molecule has 1 amide bonds. The minimum Gasteiger partial charge on any atom is -0.396 e. The summed E-state index contributed by atoms with van der Waals surface area (Å²) in [7, 11) is 0. The molecule has 1 unspecified atom stereocenters. The molecule has 4 N–H and O–H groups in total. The average Bonchev–Trinajstić information content (AvgIpc) is 2.43. The molecule has 0 saturated heterocycles. The van der Waals surface area contributed by atoms with Crippen LogP contribution in [0.3, 0.4) is 0 Å². The molecule has 0 radical (unpaired) electrons. The quantitative estimate of drug-likeness (QED) is 0.572. The number of pyridine rings is 1. The molecule has 5 nitrogen and oxygen atoms in total. The number of nitrogens with zero attached hydrogens (tertiary/aromatic N) is 1. The highest BCUT2D eigenvalue weighted by Gasteiger charge is 2.32. The van der Waals surface area contributed by atoms with E-state index >= 15 is 0 Å². The number of aliphatic hydroxyl groups excluding tert-OH is 1. The largest absolute Gasteiger partial charge is 0.396 e. The van der Waals surface area contributed by atoms with Gasteiger partial charge in [-0.2, -0.15) is 0 Å². The van der Waals surface area contributed by atoms with Gasteiger partial charge in [-0.1, -0.05) is 32.3 Å². The SMILES string of the molecule is CCCCCCc1cccc(C(O)(CCO)CC(N)=O)n1. The van der Waals surface area contributed by atoms with Crippen molar-refractivity contribution < 1.29 is 15.0 Å². The van der Waals surface area contributed by atoms with Gasteiger partial charge >= 0.3 is 0 Å². The highest BCUT2D eigenvalue weighted by Crippen LogP contribution is 2.27. The first-order valence-electron chi connectivity index (χ1n) is 7.60. The number of aliphatic hydroxyl groups is 2. The molecule has 1 heterocycles. The molecule has 5 heteroatoms. The fourth-order valence-corrected chi connectivity index (χ4v) is 2.39. The number of amides is 1. The third-order valence-corrected chi connectivity index (χ3v) is 3.56. The smallest absolute Gasteiger partial charge is 0.220 e. The molecule has 0 spiro atoms. The summed E-state index contributed by atoms with van der Waals surface area (Å²) in [5.74, 6) is -0.610. The summed E-state index contributed by atoms with van der Waals surface area (Å²) < 4.78 is 0. The molecule has 1 aromatic heterocycles. The first kappa shape index (κ1) is 17.6. The van der Waals surface area contributed by atoms with Crippen LogP contribution >= 0.6 is 0 Å². The second-order valence-electron chi connectivity index (χ2n) is 5.47. The fraction of sp³-hybridized carbons (Fsp3) is 0.625. The number of aromatic nitrogens is 1. The number of unbranched alkanes of at least 4 members (excludes halogenated alkanes) is 3. The van der Waals surface area contributed by atoms with E-state index in [4.69, 9.17) is 10.8 Å². The van der Waals surface area contributed by atoms with Crippen LogP contribution in [0.5, 0.6) is 0 Å². The zero-order valence-electron chi connectivity index (χ0n) is 12.7. The van der Waals surface area contributed by atoms with E-state index in [2.05, 4.69) is 11.9 Å². The number of carbonyl (C=O) groups is 1. The van der Waals surface area contributed by atoms with Gasteiger partial charge in [0.25, 0.3) is 0 Å². The maximum absolute atomic E-state index is 11.1. The average molecular weight is 294 g/mol. The van der Waals surface area contributed by atoms with Gasteiger partial charge in [-0.3, -0.25) is 9.78 Å². The van der Waals surface area contributed by atoms with Gasteiger partial charge in [-0.25, -0.2) is 0 Å². The Kier molecular flexibility index (Phi) is 7.32. The van der Waals surface area contributed by atoms with Crippen molar-refractivity contribution in [3.8, 4) is 0 Å². The molecule has 21 heavy (non-hydrogen) atoms. The topological polar surface area (TPSA) is 96.4 Å². The Bertz CT molecular complexity index is 451. The molecule has 0 aliphatic rings. The van der Waals surface area contributed by atoms with E-state index in [0.29, 0.717) is 5.69 Å². The molecule has 118 valence electrons. The van der Waals surface area contributed by atoms with Gasteiger partial charge in [0, 0.05) is 18.7 Å². The van der Waals surface area contributed by atoms with Crippen molar-refractivity contribution in [2.24, 2.45) is 5.73 Å². The van der Waals surface area contributed by atoms with E-state index in [1.165, 1.54) is 12.8 Å². The summed E-state index contributed by atoms with van der Waals surface area (Å²) in [4.78, 5) is 15.6. The third-order valence-electron chi connectivity index (χ3n) is 3.56. The monoisotopic (exact) mass is 294 g/mol. The van der Waals surface area contributed by atoms with Crippen LogP contribution in [0.25, 0.3) is 0 Å². The highest BCUT2D eigenvalue weighted by molar-refractivity contribution is 5.75. The Morgan fingerprint density at radius 3 is 2.71 bits per heavy atom. The van der Waals surface area contributed by atoms with Crippen LogP contribution in [0, 0.1) is 0 Å². The second kappa shape index (κ2) is 8.74. The summed E-state index contributed by atoms with van der Waals surface area (Å²) in [6.07, 6.45) is 5.25. The predicted octanol–water partition coefficient (Wildman–Crippen LogP) is 1.65. The van der Waals surface area contributed by atoms with Crippen LogP contribution in [0.1, 0.15) is 56.8 Å². The Hall–Kier alpha value is -1.46. The molecule has 0 aromatic carbocycles. The van der Waals surface area contributed by atoms with Crippen LogP contribution in [0.4, 0.5) is 0 Å². The molecule has 1 rings (SSSR count). The van der Waals surface area contributed by atoms with Crippen LogP contribution < -0.4 is 5.73 Å². The van der Waals surface area contributed by atoms with E-state index < -0.39 is 11.5 Å². The van der Waals surface area contributed by atoms with Crippen molar-refractivity contribution in [3.05, 3.63) is 29.6 Å². The maximum Gasteiger partial charge on any atom is 0.220 e. The van der Waals surface area contributed by atoms with Crippen molar-refractivity contribution >= 4 is 5.91 Å². The third kappa shape index (κ3) is 5.81.